The Morgan fingerprint density at radius 3 is 2.24 bits per heavy atom. The third-order valence-corrected chi connectivity index (χ3v) is 7.33. The summed E-state index contributed by atoms with van der Waals surface area (Å²) in [5.41, 5.74) is 5.16. The van der Waals surface area contributed by atoms with E-state index in [1.54, 1.807) is 7.11 Å². The molecule has 4 rings (SSSR count). The van der Waals surface area contributed by atoms with Gasteiger partial charge in [-0.1, -0.05) is 63.2 Å². The number of carbonyl (C=O) groups excluding carboxylic acids is 1. The second-order valence-electron chi connectivity index (χ2n) is 11.4. The Bertz CT molecular complexity index is 1410. The highest BCUT2D eigenvalue weighted by Gasteiger charge is 2.27. The van der Waals surface area contributed by atoms with Crippen LogP contribution in [0.4, 0.5) is 5.69 Å². The average molecular weight is 571 g/mol. The number of hydrogen-bond acceptors (Lipinski definition) is 7. The van der Waals surface area contributed by atoms with Crippen molar-refractivity contribution in [1.29, 1.82) is 0 Å². The Morgan fingerprint density at radius 1 is 0.929 bits per heavy atom. The molecule has 1 heterocycles. The van der Waals surface area contributed by atoms with E-state index in [2.05, 4.69) is 37.9 Å². The zero-order valence-corrected chi connectivity index (χ0v) is 25.6. The minimum absolute atomic E-state index is 0.0449. The van der Waals surface area contributed by atoms with E-state index in [1.807, 2.05) is 78.6 Å². The first-order valence-electron chi connectivity index (χ1n) is 14.4. The van der Waals surface area contributed by atoms with Crippen molar-refractivity contribution >= 4 is 11.7 Å². The van der Waals surface area contributed by atoms with Gasteiger partial charge >= 0.3 is 5.97 Å². The lowest BCUT2D eigenvalue weighted by atomic mass is 9.87. The number of oxazole rings is 1. The molecule has 0 bridgehead atoms. The molecule has 0 spiro atoms. The standard InChI is InChI=1S/C35H42N2O5/c1-25-31(36-33(42-25)27-10-8-7-9-11-27)22-23-41-30-19-12-26(13-20-30)14-21-32(34(38)40-6)37(24-39-5)29-17-15-28(16-18-29)35(2,3)4/h7-13,15-20,32H,14,21-24H2,1-6H3/t32-/m0/s1. The SMILES string of the molecule is COCN(c1ccc(C(C)(C)C)cc1)[C@@H](CCc1ccc(OCCc2nc(-c3ccccc3)oc2C)cc1)C(=O)OC. The Kier molecular flexibility index (Phi) is 10.4. The van der Waals surface area contributed by atoms with Crippen molar-refractivity contribution in [3.63, 3.8) is 0 Å². The lowest BCUT2D eigenvalue weighted by Crippen LogP contribution is -2.43. The molecule has 0 aliphatic carbocycles. The van der Waals surface area contributed by atoms with E-state index < -0.39 is 6.04 Å². The van der Waals surface area contributed by atoms with Crippen LogP contribution in [0.15, 0.2) is 83.3 Å². The number of esters is 1. The molecule has 0 fully saturated rings. The van der Waals surface area contributed by atoms with E-state index in [9.17, 15) is 4.79 Å². The molecular formula is C35H42N2O5. The van der Waals surface area contributed by atoms with Crippen LogP contribution in [-0.2, 0) is 32.5 Å². The van der Waals surface area contributed by atoms with Gasteiger partial charge in [-0.05, 0) is 72.7 Å². The lowest BCUT2D eigenvalue weighted by molar-refractivity contribution is -0.142. The number of rotatable bonds is 13. The Balaban J connectivity index is 1.35. The molecule has 1 atom stereocenters. The molecular weight excluding hydrogens is 528 g/mol. The van der Waals surface area contributed by atoms with Crippen LogP contribution in [0.2, 0.25) is 0 Å². The van der Waals surface area contributed by atoms with Crippen molar-refractivity contribution < 1.29 is 23.4 Å². The van der Waals surface area contributed by atoms with Gasteiger partial charge in [0, 0.05) is 24.8 Å². The topological polar surface area (TPSA) is 74.0 Å². The number of benzene rings is 3. The molecule has 222 valence electrons. The van der Waals surface area contributed by atoms with Crippen molar-refractivity contribution in [3.8, 4) is 17.2 Å². The summed E-state index contributed by atoms with van der Waals surface area (Å²) in [6, 6.07) is 25.7. The van der Waals surface area contributed by atoms with E-state index in [0.717, 1.165) is 34.0 Å². The van der Waals surface area contributed by atoms with Crippen LogP contribution in [0.3, 0.4) is 0 Å². The summed E-state index contributed by atoms with van der Waals surface area (Å²) in [5.74, 6) is 1.93. The van der Waals surface area contributed by atoms with E-state index in [-0.39, 0.29) is 18.1 Å². The highest BCUT2D eigenvalue weighted by Crippen LogP contribution is 2.27. The summed E-state index contributed by atoms with van der Waals surface area (Å²) in [6.07, 6.45) is 1.92. The van der Waals surface area contributed by atoms with Gasteiger partial charge in [-0.25, -0.2) is 9.78 Å². The van der Waals surface area contributed by atoms with E-state index in [4.69, 9.17) is 18.6 Å². The molecule has 4 aromatic rings. The first kappa shape index (κ1) is 30.8. The van der Waals surface area contributed by atoms with Gasteiger partial charge in [-0.3, -0.25) is 0 Å². The van der Waals surface area contributed by atoms with E-state index in [0.29, 0.717) is 31.8 Å². The number of carbonyl (C=O) groups is 1. The van der Waals surface area contributed by atoms with Gasteiger partial charge in [0.1, 0.15) is 24.3 Å². The molecule has 3 aromatic carbocycles. The quantitative estimate of drug-likeness (QED) is 0.125. The fraction of sp³-hybridized carbons (Fsp3) is 0.371. The fourth-order valence-electron chi connectivity index (χ4n) is 4.86. The Hall–Kier alpha value is -4.10. The number of ether oxygens (including phenoxy) is 3. The molecule has 0 saturated carbocycles. The van der Waals surface area contributed by atoms with Crippen LogP contribution in [0.1, 0.15) is 49.8 Å². The highest BCUT2D eigenvalue weighted by atomic mass is 16.5. The highest BCUT2D eigenvalue weighted by molar-refractivity contribution is 5.80. The van der Waals surface area contributed by atoms with E-state index >= 15 is 0 Å². The molecule has 0 radical (unpaired) electrons. The molecule has 0 amide bonds. The van der Waals surface area contributed by atoms with Crippen molar-refractivity contribution in [1.82, 2.24) is 4.98 Å². The van der Waals surface area contributed by atoms with Crippen LogP contribution in [-0.4, -0.2) is 44.6 Å². The average Bonchev–Trinajstić information content (AvgIpc) is 3.37. The number of methoxy groups -OCH3 is 2. The Morgan fingerprint density at radius 2 is 1.62 bits per heavy atom. The maximum absolute atomic E-state index is 12.9. The zero-order valence-electron chi connectivity index (χ0n) is 25.6. The van der Waals surface area contributed by atoms with Gasteiger partial charge in [0.15, 0.2) is 0 Å². The predicted octanol–water partition coefficient (Wildman–Crippen LogP) is 7.15. The third-order valence-electron chi connectivity index (χ3n) is 7.33. The van der Waals surface area contributed by atoms with Gasteiger partial charge in [0.05, 0.1) is 19.4 Å². The molecule has 42 heavy (non-hydrogen) atoms. The molecule has 0 aliphatic rings. The first-order valence-corrected chi connectivity index (χ1v) is 14.4. The molecule has 0 N–H and O–H groups in total. The number of aryl methyl sites for hydroxylation is 2. The zero-order chi connectivity index (χ0) is 30.1. The molecule has 0 unspecified atom stereocenters. The van der Waals surface area contributed by atoms with Crippen molar-refractivity contribution in [2.24, 2.45) is 0 Å². The van der Waals surface area contributed by atoms with Crippen LogP contribution >= 0.6 is 0 Å². The van der Waals surface area contributed by atoms with Gasteiger partial charge in [-0.2, -0.15) is 0 Å². The fourth-order valence-corrected chi connectivity index (χ4v) is 4.86. The minimum Gasteiger partial charge on any atom is -0.493 e. The summed E-state index contributed by atoms with van der Waals surface area (Å²) >= 11 is 0. The first-order chi connectivity index (χ1) is 20.2. The monoisotopic (exact) mass is 570 g/mol. The lowest BCUT2D eigenvalue weighted by Gasteiger charge is -2.32. The van der Waals surface area contributed by atoms with Crippen LogP contribution in [0.25, 0.3) is 11.5 Å². The second-order valence-corrected chi connectivity index (χ2v) is 11.4. The normalized spacial score (nSPS) is 12.1. The molecule has 7 heteroatoms. The van der Waals surface area contributed by atoms with Crippen LogP contribution in [0.5, 0.6) is 5.75 Å². The number of hydrogen-bond donors (Lipinski definition) is 0. The number of anilines is 1. The Labute approximate surface area is 249 Å². The largest absolute Gasteiger partial charge is 0.493 e. The van der Waals surface area contributed by atoms with Gasteiger partial charge in [0.25, 0.3) is 0 Å². The number of nitrogens with zero attached hydrogens (tertiary/aromatic N) is 2. The summed E-state index contributed by atoms with van der Waals surface area (Å²) in [6.45, 7) is 9.25. The van der Waals surface area contributed by atoms with Crippen LogP contribution < -0.4 is 9.64 Å². The second kappa shape index (κ2) is 14.2. The molecule has 0 saturated heterocycles. The minimum atomic E-state index is -0.488. The van der Waals surface area contributed by atoms with Gasteiger partial charge in [0.2, 0.25) is 5.89 Å². The van der Waals surface area contributed by atoms with Gasteiger partial charge < -0.3 is 23.5 Å². The van der Waals surface area contributed by atoms with Gasteiger partial charge in [-0.15, -0.1) is 0 Å². The molecule has 0 aliphatic heterocycles. The van der Waals surface area contributed by atoms with Crippen LogP contribution in [0, 0.1) is 6.92 Å². The maximum atomic E-state index is 12.9. The summed E-state index contributed by atoms with van der Waals surface area (Å²) in [5, 5.41) is 0. The van der Waals surface area contributed by atoms with E-state index in [1.165, 1.54) is 12.7 Å². The van der Waals surface area contributed by atoms with Crippen molar-refractivity contribution in [3.05, 3.63) is 101 Å². The maximum Gasteiger partial charge on any atom is 0.328 e. The molecule has 7 nitrogen and oxygen atoms in total. The summed E-state index contributed by atoms with van der Waals surface area (Å²) in [4.78, 5) is 19.5. The van der Waals surface area contributed by atoms with Crippen molar-refractivity contribution in [2.75, 3.05) is 32.5 Å². The predicted molar refractivity (Wildman–Crippen MR) is 166 cm³/mol. The van der Waals surface area contributed by atoms with Crippen molar-refractivity contribution in [2.45, 2.75) is 58.4 Å². The third kappa shape index (κ3) is 8.01. The summed E-state index contributed by atoms with van der Waals surface area (Å²) < 4.78 is 22.5. The smallest absolute Gasteiger partial charge is 0.328 e. The number of aromatic nitrogens is 1. The molecule has 1 aromatic heterocycles. The summed E-state index contributed by atoms with van der Waals surface area (Å²) in [7, 11) is 3.06.